The molecule has 0 saturated heterocycles. The summed E-state index contributed by atoms with van der Waals surface area (Å²) < 4.78 is 5.80. The number of fused-ring (bicyclic) bond motifs is 1. The first-order valence-corrected chi connectivity index (χ1v) is 11.1. The molecule has 33 heavy (non-hydrogen) atoms. The highest BCUT2D eigenvalue weighted by Gasteiger charge is 2.36. The molecule has 0 spiro atoms. The number of halogens is 1. The lowest BCUT2D eigenvalue weighted by Gasteiger charge is -2.20. The quantitative estimate of drug-likeness (QED) is 0.527. The van der Waals surface area contributed by atoms with E-state index in [2.05, 4.69) is 15.1 Å². The third-order valence-electron chi connectivity index (χ3n) is 4.91. The predicted octanol–water partition coefficient (Wildman–Crippen LogP) is 4.98. The maximum atomic E-state index is 12.6. The lowest BCUT2D eigenvalue weighted by molar-refractivity contribution is -0.114. The average Bonchev–Trinajstić information content (AvgIpc) is 3.27. The van der Waals surface area contributed by atoms with Crippen LogP contribution in [-0.4, -0.2) is 31.9 Å². The van der Waals surface area contributed by atoms with E-state index in [1.165, 1.54) is 16.8 Å². The second-order valence-corrected chi connectivity index (χ2v) is 8.48. The first-order valence-electron chi connectivity index (χ1n) is 9.95. The van der Waals surface area contributed by atoms with E-state index in [0.29, 0.717) is 27.6 Å². The second kappa shape index (κ2) is 9.01. The average molecular weight is 474 g/mol. The lowest BCUT2D eigenvalue weighted by Crippen LogP contribution is -2.35. The van der Waals surface area contributed by atoms with E-state index in [0.717, 1.165) is 16.7 Å². The van der Waals surface area contributed by atoms with Gasteiger partial charge in [-0.05, 0) is 53.7 Å². The van der Waals surface area contributed by atoms with Gasteiger partial charge in [-0.25, -0.2) is 0 Å². The number of thioether (sulfide) groups is 1. The number of hydrogen-bond donors (Lipinski definition) is 1. The van der Waals surface area contributed by atoms with Crippen molar-refractivity contribution in [2.45, 2.75) is 6.61 Å². The van der Waals surface area contributed by atoms with Crippen molar-refractivity contribution < 1.29 is 9.53 Å². The van der Waals surface area contributed by atoms with Gasteiger partial charge >= 0.3 is 0 Å². The summed E-state index contributed by atoms with van der Waals surface area (Å²) in [5.74, 6) is 0.181. The number of amidine groups is 2. The zero-order chi connectivity index (χ0) is 22.8. The maximum Gasteiger partial charge on any atom is 0.283 e. The number of rotatable bonds is 5. The molecule has 1 amide bonds. The van der Waals surface area contributed by atoms with Crippen LogP contribution in [0.5, 0.6) is 5.75 Å². The van der Waals surface area contributed by atoms with E-state index in [-0.39, 0.29) is 11.4 Å². The van der Waals surface area contributed by atoms with Crippen LogP contribution in [0.25, 0.3) is 6.08 Å². The molecule has 1 aromatic heterocycles. The van der Waals surface area contributed by atoms with Crippen molar-refractivity contribution in [2.75, 3.05) is 0 Å². The molecule has 0 unspecified atom stereocenters. The predicted molar refractivity (Wildman–Crippen MR) is 131 cm³/mol. The van der Waals surface area contributed by atoms with Gasteiger partial charge in [0.2, 0.25) is 5.17 Å². The molecule has 5 rings (SSSR count). The summed E-state index contributed by atoms with van der Waals surface area (Å²) in [6, 6.07) is 18.4. The molecule has 162 valence electrons. The molecule has 2 aromatic carbocycles. The summed E-state index contributed by atoms with van der Waals surface area (Å²) in [5.41, 5.74) is 2.61. The molecule has 0 radical (unpaired) electrons. The highest BCUT2D eigenvalue weighted by Crippen LogP contribution is 2.30. The van der Waals surface area contributed by atoms with Crippen molar-refractivity contribution in [2.24, 2.45) is 10.1 Å². The molecule has 0 saturated carbocycles. The Bertz CT molecular complexity index is 1340. The fourth-order valence-electron chi connectivity index (χ4n) is 3.20. The van der Waals surface area contributed by atoms with Crippen LogP contribution < -0.4 is 4.74 Å². The van der Waals surface area contributed by atoms with Crippen LogP contribution in [0.3, 0.4) is 0 Å². The molecule has 1 N–H and O–H groups in total. The number of ether oxygens (including phenoxy) is 1. The van der Waals surface area contributed by atoms with E-state index in [1.54, 1.807) is 36.7 Å². The maximum absolute atomic E-state index is 12.6. The number of nitrogens with one attached hydrogen (secondary N) is 1. The summed E-state index contributed by atoms with van der Waals surface area (Å²) >= 11 is 7.41. The topological polar surface area (TPSA) is 91.0 Å². The molecule has 0 bridgehead atoms. The number of nitrogens with zero attached hydrogens (tertiary/aromatic N) is 4. The number of benzene rings is 2. The first-order chi connectivity index (χ1) is 16.1. The van der Waals surface area contributed by atoms with Gasteiger partial charge in [-0.3, -0.25) is 15.2 Å². The molecule has 0 atom stereocenters. The number of carbonyl (C=O) groups is 1. The van der Waals surface area contributed by atoms with Crippen LogP contribution in [0.4, 0.5) is 0 Å². The summed E-state index contributed by atoms with van der Waals surface area (Å²) in [4.78, 5) is 20.8. The van der Waals surface area contributed by atoms with Crippen LogP contribution in [0.15, 0.2) is 88.7 Å². The number of hydrazone groups is 1. The fraction of sp³-hybridized carbons (Fsp3) is 0.0417. The van der Waals surface area contributed by atoms with Crippen LogP contribution in [0.1, 0.15) is 16.7 Å². The Kier molecular flexibility index (Phi) is 5.77. The number of pyridine rings is 1. The van der Waals surface area contributed by atoms with Crippen molar-refractivity contribution in [3.8, 4) is 5.75 Å². The molecule has 0 fully saturated rings. The fourth-order valence-corrected chi connectivity index (χ4v) is 4.27. The summed E-state index contributed by atoms with van der Waals surface area (Å²) in [5, 5.41) is 16.0. The van der Waals surface area contributed by atoms with E-state index >= 15 is 0 Å². The second-order valence-electron chi connectivity index (χ2n) is 7.12. The van der Waals surface area contributed by atoms with Gasteiger partial charge in [0.05, 0.1) is 5.57 Å². The van der Waals surface area contributed by atoms with E-state index in [4.69, 9.17) is 21.7 Å². The van der Waals surface area contributed by atoms with E-state index < -0.39 is 5.91 Å². The van der Waals surface area contributed by atoms with Crippen LogP contribution >= 0.6 is 23.4 Å². The summed E-state index contributed by atoms with van der Waals surface area (Å²) in [6.07, 6.45) is 4.99. The summed E-state index contributed by atoms with van der Waals surface area (Å²) in [7, 11) is 0. The lowest BCUT2D eigenvalue weighted by atomic mass is 10.1. The Morgan fingerprint density at radius 1 is 1.09 bits per heavy atom. The van der Waals surface area contributed by atoms with Crippen molar-refractivity contribution in [1.29, 1.82) is 5.41 Å². The van der Waals surface area contributed by atoms with Gasteiger partial charge in [0.15, 0.2) is 5.84 Å². The van der Waals surface area contributed by atoms with Gasteiger partial charge in [0, 0.05) is 28.5 Å². The van der Waals surface area contributed by atoms with Crippen molar-refractivity contribution in [3.63, 3.8) is 0 Å². The molecule has 7 nitrogen and oxygen atoms in total. The number of amides is 1. The van der Waals surface area contributed by atoms with E-state index in [1.807, 2.05) is 42.5 Å². The largest absolute Gasteiger partial charge is 0.489 e. The van der Waals surface area contributed by atoms with Crippen molar-refractivity contribution in [3.05, 3.63) is 100 Å². The van der Waals surface area contributed by atoms with Gasteiger partial charge in [-0.15, -0.1) is 0 Å². The minimum atomic E-state index is -0.472. The standard InChI is InChI=1S/C24H16ClN5O2S/c25-20-6-2-1-4-17(20)14-32-18-9-7-15(8-10-18)12-19-21(26)30-24(28-22(19)31)33-23(29-30)16-5-3-11-27-13-16/h1-13,26H,14H2/b19-12-,26-21?. The van der Waals surface area contributed by atoms with Crippen LogP contribution in [-0.2, 0) is 11.4 Å². The van der Waals surface area contributed by atoms with Crippen molar-refractivity contribution in [1.82, 2.24) is 9.99 Å². The molecule has 2 aliphatic heterocycles. The van der Waals surface area contributed by atoms with E-state index in [9.17, 15) is 4.79 Å². The minimum Gasteiger partial charge on any atom is -0.489 e. The minimum absolute atomic E-state index is 0.0181. The number of aromatic nitrogens is 1. The Morgan fingerprint density at radius 3 is 2.67 bits per heavy atom. The highest BCUT2D eigenvalue weighted by atomic mass is 35.5. The normalized spacial score (nSPS) is 16.5. The monoisotopic (exact) mass is 473 g/mol. The summed E-state index contributed by atoms with van der Waals surface area (Å²) in [6.45, 7) is 0.352. The zero-order valence-corrected chi connectivity index (χ0v) is 18.7. The Morgan fingerprint density at radius 2 is 1.91 bits per heavy atom. The van der Waals surface area contributed by atoms with Gasteiger partial charge in [-0.2, -0.15) is 15.1 Å². The molecule has 9 heteroatoms. The first kappa shape index (κ1) is 21.1. The van der Waals surface area contributed by atoms with Gasteiger partial charge < -0.3 is 4.74 Å². The molecule has 0 aliphatic carbocycles. The molecule has 2 aliphatic rings. The van der Waals surface area contributed by atoms with Gasteiger partial charge in [0.25, 0.3) is 5.91 Å². The molecule has 3 heterocycles. The van der Waals surface area contributed by atoms with Crippen LogP contribution in [0, 0.1) is 5.41 Å². The van der Waals surface area contributed by atoms with Gasteiger partial charge in [0.1, 0.15) is 17.4 Å². The Balaban J connectivity index is 1.32. The third-order valence-corrected chi connectivity index (χ3v) is 6.23. The Labute approximate surface area is 199 Å². The number of aliphatic imine (C=N–C) groups is 1. The zero-order valence-electron chi connectivity index (χ0n) is 17.1. The SMILES string of the molecule is N=C1/C(=C/c2ccc(OCc3ccccc3Cl)cc2)C(=O)N=C2SC(c3cccnc3)=NN12. The van der Waals surface area contributed by atoms with Crippen LogP contribution in [0.2, 0.25) is 5.02 Å². The molecular formula is C24H16ClN5O2S. The third kappa shape index (κ3) is 4.44. The smallest absolute Gasteiger partial charge is 0.283 e. The van der Waals surface area contributed by atoms with Gasteiger partial charge in [-0.1, -0.05) is 41.9 Å². The molecular weight excluding hydrogens is 458 g/mol. The highest BCUT2D eigenvalue weighted by molar-refractivity contribution is 8.27. The number of carbonyl (C=O) groups excluding carboxylic acids is 1. The van der Waals surface area contributed by atoms with Crippen molar-refractivity contribution >= 4 is 51.4 Å². The Hall–Kier alpha value is -3.75. The molecule has 3 aromatic rings. The number of hydrogen-bond acceptors (Lipinski definition) is 6.